The number of unbranched alkanes of at least 4 members (excludes halogenated alkanes) is 1. The molecule has 1 heterocycles. The molecule has 3 amide bonds. The van der Waals surface area contributed by atoms with Gasteiger partial charge < -0.3 is 10.8 Å². The molecular formula is C12H20N2O4S. The van der Waals surface area contributed by atoms with Gasteiger partial charge in [0.2, 0.25) is 5.91 Å². The normalized spacial score (nSPS) is 22.2. The lowest BCUT2D eigenvalue weighted by Crippen LogP contribution is -2.46. The summed E-state index contributed by atoms with van der Waals surface area (Å²) in [6.07, 6.45) is 3.39. The zero-order valence-corrected chi connectivity index (χ0v) is 11.8. The van der Waals surface area contributed by atoms with Gasteiger partial charge in [-0.05, 0) is 19.3 Å². The molecule has 0 saturated carbocycles. The molecule has 1 aliphatic heterocycles. The van der Waals surface area contributed by atoms with Crippen LogP contribution in [0.25, 0.3) is 0 Å². The number of urea groups is 1. The van der Waals surface area contributed by atoms with Crippen molar-refractivity contribution in [2.75, 3.05) is 5.75 Å². The molecule has 1 fully saturated rings. The van der Waals surface area contributed by atoms with Crippen molar-refractivity contribution < 1.29 is 19.5 Å². The van der Waals surface area contributed by atoms with Gasteiger partial charge in [-0.2, -0.15) is 11.8 Å². The highest BCUT2D eigenvalue weighted by molar-refractivity contribution is 8.00. The third-order valence-electron chi connectivity index (χ3n) is 3.17. The van der Waals surface area contributed by atoms with Crippen LogP contribution in [-0.2, 0) is 9.59 Å². The van der Waals surface area contributed by atoms with E-state index >= 15 is 0 Å². The highest BCUT2D eigenvalue weighted by Crippen LogP contribution is 2.33. The number of primary amides is 1. The smallest absolute Gasteiger partial charge is 0.321 e. The van der Waals surface area contributed by atoms with Gasteiger partial charge in [0.25, 0.3) is 0 Å². The number of hydrogen-bond donors (Lipinski definition) is 2. The van der Waals surface area contributed by atoms with E-state index in [0.717, 1.165) is 24.2 Å². The van der Waals surface area contributed by atoms with Crippen LogP contribution in [0, 0.1) is 0 Å². The summed E-state index contributed by atoms with van der Waals surface area (Å²) in [7, 11) is 0. The largest absolute Gasteiger partial charge is 0.481 e. The fourth-order valence-electron chi connectivity index (χ4n) is 2.31. The molecule has 19 heavy (non-hydrogen) atoms. The summed E-state index contributed by atoms with van der Waals surface area (Å²) < 4.78 is 0. The molecule has 0 aromatic heterocycles. The van der Waals surface area contributed by atoms with E-state index < -0.39 is 12.0 Å². The van der Waals surface area contributed by atoms with Crippen LogP contribution in [0.1, 0.15) is 39.0 Å². The highest BCUT2D eigenvalue weighted by atomic mass is 32.2. The molecule has 1 rings (SSSR count). The number of rotatable bonds is 6. The molecule has 0 aromatic rings. The predicted octanol–water partition coefficient (Wildman–Crippen LogP) is 1.43. The monoisotopic (exact) mass is 288 g/mol. The Morgan fingerprint density at radius 1 is 1.37 bits per heavy atom. The second-order valence-corrected chi connectivity index (χ2v) is 6.04. The Morgan fingerprint density at radius 3 is 2.58 bits per heavy atom. The van der Waals surface area contributed by atoms with E-state index in [9.17, 15) is 14.4 Å². The van der Waals surface area contributed by atoms with Crippen molar-refractivity contribution in [1.82, 2.24) is 4.90 Å². The number of carbonyl (C=O) groups is 3. The first-order chi connectivity index (χ1) is 8.91. The number of amides is 3. The van der Waals surface area contributed by atoms with Crippen LogP contribution in [0.3, 0.4) is 0 Å². The summed E-state index contributed by atoms with van der Waals surface area (Å²) in [4.78, 5) is 34.1. The van der Waals surface area contributed by atoms with E-state index in [0.29, 0.717) is 17.4 Å². The molecular weight excluding hydrogens is 268 g/mol. The fourth-order valence-corrected chi connectivity index (χ4v) is 3.78. The molecule has 1 saturated heterocycles. The minimum atomic E-state index is -0.770. The van der Waals surface area contributed by atoms with Gasteiger partial charge >= 0.3 is 12.0 Å². The first kappa shape index (κ1) is 15.8. The number of aliphatic carboxylic acids is 1. The summed E-state index contributed by atoms with van der Waals surface area (Å²) in [6, 6.07) is -0.811. The lowest BCUT2D eigenvalue weighted by molar-refractivity contribution is -0.137. The molecule has 1 aliphatic rings. The summed E-state index contributed by atoms with van der Waals surface area (Å²) >= 11 is 1.72. The zero-order valence-electron chi connectivity index (χ0n) is 11.0. The summed E-state index contributed by atoms with van der Waals surface area (Å²) in [5, 5.41) is 8.92. The summed E-state index contributed by atoms with van der Waals surface area (Å²) in [5.41, 5.74) is 5.21. The van der Waals surface area contributed by atoms with Gasteiger partial charge in [-0.15, -0.1) is 0 Å². The quantitative estimate of drug-likeness (QED) is 0.720. The van der Waals surface area contributed by atoms with Crippen LogP contribution >= 0.6 is 11.8 Å². The minimum absolute atomic E-state index is 0.121. The molecule has 0 aliphatic carbocycles. The maximum atomic E-state index is 11.4. The predicted molar refractivity (Wildman–Crippen MR) is 72.9 cm³/mol. The van der Waals surface area contributed by atoms with E-state index in [1.165, 1.54) is 6.92 Å². The van der Waals surface area contributed by atoms with Crippen molar-refractivity contribution >= 4 is 29.7 Å². The Balaban J connectivity index is 2.34. The van der Waals surface area contributed by atoms with E-state index in [1.807, 2.05) is 0 Å². The van der Waals surface area contributed by atoms with Crippen LogP contribution in [0.2, 0.25) is 0 Å². The van der Waals surface area contributed by atoms with E-state index in [2.05, 4.69) is 0 Å². The van der Waals surface area contributed by atoms with Crippen LogP contribution in [0.4, 0.5) is 4.79 Å². The third-order valence-corrected chi connectivity index (χ3v) is 4.64. The van der Waals surface area contributed by atoms with Crippen molar-refractivity contribution in [3.63, 3.8) is 0 Å². The molecule has 0 bridgehead atoms. The Hall–Kier alpha value is -1.24. The lowest BCUT2D eigenvalue weighted by atomic mass is 10.1. The number of carboxylic acids is 1. The second-order valence-electron chi connectivity index (χ2n) is 4.71. The molecule has 0 aromatic carbocycles. The molecule has 7 heteroatoms. The van der Waals surface area contributed by atoms with E-state index in [1.54, 1.807) is 11.8 Å². The van der Waals surface area contributed by atoms with Crippen LogP contribution in [0.15, 0.2) is 0 Å². The van der Waals surface area contributed by atoms with Gasteiger partial charge in [0.15, 0.2) is 0 Å². The average Bonchev–Trinajstić information content (AvgIpc) is 2.71. The number of nitrogens with two attached hydrogens (primary N) is 1. The van der Waals surface area contributed by atoms with E-state index in [4.69, 9.17) is 10.8 Å². The summed E-state index contributed by atoms with van der Waals surface area (Å²) in [5.74, 6) is -0.371. The molecule has 108 valence electrons. The molecule has 0 unspecified atom stereocenters. The van der Waals surface area contributed by atoms with Gasteiger partial charge in [0.05, 0.1) is 6.04 Å². The zero-order chi connectivity index (χ0) is 14.4. The average molecular weight is 288 g/mol. The molecule has 2 atom stereocenters. The summed E-state index contributed by atoms with van der Waals surface area (Å²) in [6.45, 7) is 1.34. The number of thioether (sulfide) groups is 1. The van der Waals surface area contributed by atoms with Crippen molar-refractivity contribution in [2.24, 2.45) is 5.73 Å². The minimum Gasteiger partial charge on any atom is -0.481 e. The molecule has 0 radical (unpaired) electrons. The number of carbonyl (C=O) groups excluding carboxylic acids is 2. The highest BCUT2D eigenvalue weighted by Gasteiger charge is 2.33. The van der Waals surface area contributed by atoms with Crippen molar-refractivity contribution in [1.29, 1.82) is 0 Å². The van der Waals surface area contributed by atoms with Crippen molar-refractivity contribution in [2.45, 2.75) is 50.3 Å². The SMILES string of the molecule is CC(=O)N(C(N)=O)[C@H]1CS[C@H](CCCCC(=O)O)C1. The first-order valence-electron chi connectivity index (χ1n) is 6.34. The van der Waals surface area contributed by atoms with E-state index in [-0.39, 0.29) is 18.4 Å². The Morgan fingerprint density at radius 2 is 2.05 bits per heavy atom. The van der Waals surface area contributed by atoms with Crippen LogP contribution in [0.5, 0.6) is 0 Å². The maximum absolute atomic E-state index is 11.4. The van der Waals surface area contributed by atoms with Gasteiger partial charge in [-0.25, -0.2) is 4.79 Å². The molecule has 0 spiro atoms. The topological polar surface area (TPSA) is 101 Å². The van der Waals surface area contributed by atoms with Gasteiger partial charge in [0.1, 0.15) is 0 Å². The Labute approximate surface area is 116 Å². The molecule has 3 N–H and O–H groups in total. The number of carboxylic acid groups (broad SMARTS) is 1. The van der Waals surface area contributed by atoms with Crippen molar-refractivity contribution in [3.8, 4) is 0 Å². The molecule has 6 nitrogen and oxygen atoms in total. The van der Waals surface area contributed by atoms with Crippen LogP contribution in [-0.4, -0.2) is 45.0 Å². The standard InChI is InChI=1S/C12H20N2O4S/c1-8(15)14(12(13)18)9-6-10(19-7-9)4-2-3-5-11(16)17/h9-10H,2-7H2,1H3,(H2,13,18)(H,16,17)/t9-,10-/m1/s1. The number of imide groups is 1. The van der Waals surface area contributed by atoms with Gasteiger partial charge in [0, 0.05) is 24.3 Å². The Kier molecular flexibility index (Phi) is 6.14. The lowest BCUT2D eigenvalue weighted by Gasteiger charge is -2.23. The fraction of sp³-hybridized carbons (Fsp3) is 0.750. The van der Waals surface area contributed by atoms with Gasteiger partial charge in [-0.3, -0.25) is 14.5 Å². The second kappa shape index (κ2) is 7.37. The Bertz CT molecular complexity index is 348. The van der Waals surface area contributed by atoms with Gasteiger partial charge in [-0.1, -0.05) is 6.42 Å². The third kappa shape index (κ3) is 5.10. The first-order valence-corrected chi connectivity index (χ1v) is 7.39. The van der Waals surface area contributed by atoms with Crippen LogP contribution < -0.4 is 5.73 Å². The maximum Gasteiger partial charge on any atom is 0.321 e. The number of hydrogen-bond acceptors (Lipinski definition) is 4. The number of nitrogens with zero attached hydrogens (tertiary/aromatic N) is 1. The van der Waals surface area contributed by atoms with Crippen molar-refractivity contribution in [3.05, 3.63) is 0 Å².